The first-order valence-corrected chi connectivity index (χ1v) is 8.94. The summed E-state index contributed by atoms with van der Waals surface area (Å²) in [6.45, 7) is 13.9. The van der Waals surface area contributed by atoms with E-state index >= 15 is 0 Å². The summed E-state index contributed by atoms with van der Waals surface area (Å²) in [5.74, 6) is 0. The molecule has 0 spiro atoms. The highest BCUT2D eigenvalue weighted by atomic mass is 16.5. The highest BCUT2D eigenvalue weighted by Gasteiger charge is 2.23. The zero-order valence-corrected chi connectivity index (χ0v) is 16.2. The van der Waals surface area contributed by atoms with Crippen molar-refractivity contribution in [2.24, 2.45) is 0 Å². The second kappa shape index (κ2) is 19.9. The fourth-order valence-corrected chi connectivity index (χ4v) is 2.45. The van der Waals surface area contributed by atoms with E-state index in [4.69, 9.17) is 18.9 Å². The molecule has 0 saturated carbocycles. The van der Waals surface area contributed by atoms with Crippen molar-refractivity contribution in [2.75, 3.05) is 27.4 Å². The van der Waals surface area contributed by atoms with Crippen molar-refractivity contribution < 1.29 is 18.9 Å². The third-order valence-corrected chi connectivity index (χ3v) is 3.49. The average molecular weight is 337 g/mol. The first kappa shape index (κ1) is 27.7. The molecule has 2 unspecified atom stereocenters. The van der Waals surface area contributed by atoms with E-state index < -0.39 is 0 Å². The zero-order chi connectivity index (χ0) is 17.4. The quantitative estimate of drug-likeness (QED) is 0.704. The van der Waals surface area contributed by atoms with Gasteiger partial charge < -0.3 is 18.9 Å². The Morgan fingerprint density at radius 2 is 1.13 bits per heavy atom. The lowest BCUT2D eigenvalue weighted by atomic mass is 10.0. The van der Waals surface area contributed by atoms with Crippen LogP contribution in [0.5, 0.6) is 0 Å². The minimum atomic E-state index is 0. The molecule has 4 nitrogen and oxygen atoms in total. The smallest absolute Gasteiger partial charge is 0.0620 e. The van der Waals surface area contributed by atoms with E-state index in [1.165, 1.54) is 0 Å². The Balaban J connectivity index is -0.000000280. The first-order chi connectivity index (χ1) is 10.7. The van der Waals surface area contributed by atoms with Gasteiger partial charge in [-0.05, 0) is 39.5 Å². The summed E-state index contributed by atoms with van der Waals surface area (Å²) in [5.41, 5.74) is 0. The van der Waals surface area contributed by atoms with Crippen LogP contribution in [0.15, 0.2) is 0 Å². The summed E-state index contributed by atoms with van der Waals surface area (Å²) >= 11 is 0. The lowest BCUT2D eigenvalue weighted by Gasteiger charge is -2.30. The molecule has 4 heteroatoms. The molecule has 2 rings (SSSR count). The summed E-state index contributed by atoms with van der Waals surface area (Å²) < 4.78 is 21.0. The maximum absolute atomic E-state index is 5.54. The molecular weight excluding hydrogens is 292 g/mol. The Bertz CT molecular complexity index is 196. The van der Waals surface area contributed by atoms with Crippen LogP contribution >= 0.6 is 0 Å². The predicted octanol–water partition coefficient (Wildman–Crippen LogP) is 5.09. The van der Waals surface area contributed by atoms with Gasteiger partial charge in [0.15, 0.2) is 0 Å². The molecule has 2 saturated heterocycles. The zero-order valence-electron chi connectivity index (χ0n) is 16.2. The molecule has 2 aliphatic heterocycles. The van der Waals surface area contributed by atoms with Crippen molar-refractivity contribution >= 4 is 0 Å². The summed E-state index contributed by atoms with van der Waals surface area (Å²) in [5, 5.41) is 0. The summed E-state index contributed by atoms with van der Waals surface area (Å²) in [6.07, 6.45) is 5.83. The molecule has 144 valence electrons. The minimum absolute atomic E-state index is 0. The third kappa shape index (κ3) is 15.1. The van der Waals surface area contributed by atoms with Crippen LogP contribution in [0.2, 0.25) is 0 Å². The molecule has 0 N–H and O–H groups in total. The topological polar surface area (TPSA) is 36.9 Å². The Morgan fingerprint density at radius 1 is 0.739 bits per heavy atom. The van der Waals surface area contributed by atoms with E-state index in [-0.39, 0.29) is 7.43 Å². The van der Waals surface area contributed by atoms with E-state index in [2.05, 4.69) is 13.8 Å². The second-order valence-electron chi connectivity index (χ2n) is 5.13. The van der Waals surface area contributed by atoms with Crippen LogP contribution in [-0.2, 0) is 18.9 Å². The molecule has 2 fully saturated rings. The molecule has 0 aromatic carbocycles. The molecule has 2 atom stereocenters. The molecule has 23 heavy (non-hydrogen) atoms. The van der Waals surface area contributed by atoms with Crippen LogP contribution in [0.1, 0.15) is 74.7 Å². The fraction of sp³-hybridized carbons (Fsp3) is 1.00. The second-order valence-corrected chi connectivity index (χ2v) is 5.13. The van der Waals surface area contributed by atoms with Crippen molar-refractivity contribution in [2.45, 2.75) is 99.1 Å². The largest absolute Gasteiger partial charge is 0.381 e. The van der Waals surface area contributed by atoms with Crippen molar-refractivity contribution in [3.05, 3.63) is 0 Å². The lowest BCUT2D eigenvalue weighted by Crippen LogP contribution is -2.33. The van der Waals surface area contributed by atoms with Gasteiger partial charge in [-0.2, -0.15) is 0 Å². The molecule has 2 heterocycles. The van der Waals surface area contributed by atoms with Crippen LogP contribution in [-0.4, -0.2) is 51.8 Å². The van der Waals surface area contributed by atoms with Crippen LogP contribution in [0.25, 0.3) is 0 Å². The number of methoxy groups -OCH3 is 2. The molecule has 0 radical (unpaired) electrons. The minimum Gasteiger partial charge on any atom is -0.381 e. The molecule has 0 bridgehead atoms. The van der Waals surface area contributed by atoms with E-state index in [9.17, 15) is 0 Å². The summed E-state index contributed by atoms with van der Waals surface area (Å²) in [7, 11) is 3.53. The van der Waals surface area contributed by atoms with Gasteiger partial charge in [0.1, 0.15) is 0 Å². The molecule has 0 aliphatic carbocycles. The third-order valence-electron chi connectivity index (χ3n) is 3.49. The Morgan fingerprint density at radius 3 is 1.43 bits per heavy atom. The van der Waals surface area contributed by atoms with Gasteiger partial charge in [0.2, 0.25) is 0 Å². The van der Waals surface area contributed by atoms with Crippen molar-refractivity contribution in [1.29, 1.82) is 0 Å². The van der Waals surface area contributed by atoms with Crippen LogP contribution in [0.4, 0.5) is 0 Å². The van der Waals surface area contributed by atoms with Crippen molar-refractivity contribution in [1.82, 2.24) is 0 Å². The van der Waals surface area contributed by atoms with Crippen molar-refractivity contribution in [3.63, 3.8) is 0 Å². The standard InChI is InChI=1S/C8H16O2.C6H12O2.2C2H6.CH4/c1-6-4-8(9-3)5-7(2)10-6;1-7-6-2-4-8-5-3-6;2*1-2;/h6-8H,4-5H2,1-3H3;6H,2-5H2,1H3;2*1-2H3;1H4. The predicted molar refractivity (Wildman–Crippen MR) is 100 cm³/mol. The van der Waals surface area contributed by atoms with Gasteiger partial charge in [0.25, 0.3) is 0 Å². The number of ether oxygens (including phenoxy) is 4. The highest BCUT2D eigenvalue weighted by molar-refractivity contribution is 4.72. The van der Waals surface area contributed by atoms with Crippen LogP contribution < -0.4 is 0 Å². The normalized spacial score (nSPS) is 26.9. The van der Waals surface area contributed by atoms with Crippen molar-refractivity contribution in [3.8, 4) is 0 Å². The van der Waals surface area contributed by atoms with Gasteiger partial charge in [-0.25, -0.2) is 0 Å². The average Bonchev–Trinajstić information content (AvgIpc) is 2.59. The molecule has 0 amide bonds. The Labute approximate surface area is 146 Å². The maximum Gasteiger partial charge on any atom is 0.0620 e. The Hall–Kier alpha value is -0.160. The molecule has 0 aromatic rings. The number of hydrogen-bond acceptors (Lipinski definition) is 4. The summed E-state index contributed by atoms with van der Waals surface area (Å²) in [6, 6.07) is 0. The van der Waals surface area contributed by atoms with E-state index in [1.807, 2.05) is 27.7 Å². The SMILES string of the molecule is C.CC.CC.COC1CC(C)OC(C)C1.COC1CCOCC1. The number of rotatable bonds is 2. The van der Waals surface area contributed by atoms with Gasteiger partial charge >= 0.3 is 0 Å². The molecule has 0 aromatic heterocycles. The van der Waals surface area contributed by atoms with Crippen LogP contribution in [0.3, 0.4) is 0 Å². The van der Waals surface area contributed by atoms with Gasteiger partial charge in [-0.3, -0.25) is 0 Å². The van der Waals surface area contributed by atoms with Gasteiger partial charge in [-0.15, -0.1) is 0 Å². The monoisotopic (exact) mass is 336 g/mol. The number of hydrogen-bond donors (Lipinski definition) is 0. The van der Waals surface area contributed by atoms with E-state index in [0.29, 0.717) is 24.4 Å². The maximum atomic E-state index is 5.54. The van der Waals surface area contributed by atoms with Gasteiger partial charge in [0, 0.05) is 27.4 Å². The van der Waals surface area contributed by atoms with Crippen LogP contribution in [0, 0.1) is 0 Å². The van der Waals surface area contributed by atoms with Gasteiger partial charge in [0.05, 0.1) is 24.4 Å². The fourth-order valence-electron chi connectivity index (χ4n) is 2.45. The lowest BCUT2D eigenvalue weighted by molar-refractivity contribution is -0.0907. The first-order valence-electron chi connectivity index (χ1n) is 8.94. The Kier molecular flexibility index (Phi) is 23.9. The van der Waals surface area contributed by atoms with E-state index in [1.54, 1.807) is 14.2 Å². The van der Waals surface area contributed by atoms with Gasteiger partial charge in [-0.1, -0.05) is 35.1 Å². The highest BCUT2D eigenvalue weighted by Crippen LogP contribution is 2.20. The summed E-state index contributed by atoms with van der Waals surface area (Å²) in [4.78, 5) is 0. The molecule has 2 aliphatic rings. The van der Waals surface area contributed by atoms with E-state index in [0.717, 1.165) is 38.9 Å². The molecular formula is C19H44O4.